The van der Waals surface area contributed by atoms with Gasteiger partial charge in [-0.3, -0.25) is 4.68 Å². The summed E-state index contributed by atoms with van der Waals surface area (Å²) in [6.07, 6.45) is 3.41. The monoisotopic (exact) mass is 250 g/mol. The Bertz CT molecular complexity index is 412. The predicted molar refractivity (Wildman–Crippen MR) is 60.7 cm³/mol. The molecule has 0 saturated heterocycles. The third-order valence-corrected chi connectivity index (χ3v) is 4.66. The number of aryl methyl sites for hydroxylation is 1. The van der Waals surface area contributed by atoms with Crippen LogP contribution in [-0.2, 0) is 22.3 Å². The van der Waals surface area contributed by atoms with Gasteiger partial charge in [0.05, 0.1) is 29.6 Å². The van der Waals surface area contributed by atoms with Crippen molar-refractivity contribution in [1.82, 2.24) is 9.78 Å². The number of alkyl halides is 1. The summed E-state index contributed by atoms with van der Waals surface area (Å²) < 4.78 is 24.6. The smallest absolute Gasteiger partial charge is 0.154 e. The van der Waals surface area contributed by atoms with Crippen molar-refractivity contribution >= 4 is 21.4 Å². The van der Waals surface area contributed by atoms with Crippen LogP contribution in [0.1, 0.15) is 19.4 Å². The third kappa shape index (κ3) is 3.50. The van der Waals surface area contributed by atoms with Gasteiger partial charge in [0.2, 0.25) is 0 Å². The molecule has 0 atom stereocenters. The molecule has 0 fully saturated rings. The van der Waals surface area contributed by atoms with Crippen LogP contribution >= 0.6 is 11.6 Å². The summed E-state index contributed by atoms with van der Waals surface area (Å²) in [5, 5.41) is 3.68. The lowest BCUT2D eigenvalue weighted by atomic mass is 10.4. The Balaban J connectivity index is 2.58. The van der Waals surface area contributed by atoms with E-state index in [-0.39, 0.29) is 11.0 Å². The summed E-state index contributed by atoms with van der Waals surface area (Å²) >= 11 is 5.61. The van der Waals surface area contributed by atoms with Crippen LogP contribution in [0.2, 0.25) is 0 Å². The number of halogens is 1. The molecule has 0 saturated carbocycles. The van der Waals surface area contributed by atoms with Crippen LogP contribution in [0.5, 0.6) is 0 Å². The molecule has 0 N–H and O–H groups in total. The number of hydrogen-bond donors (Lipinski definition) is 0. The van der Waals surface area contributed by atoms with Crippen molar-refractivity contribution in [2.75, 3.05) is 5.75 Å². The third-order valence-electron chi connectivity index (χ3n) is 2.16. The van der Waals surface area contributed by atoms with Gasteiger partial charge in [-0.05, 0) is 13.8 Å². The molecule has 0 aromatic carbocycles. The van der Waals surface area contributed by atoms with Gasteiger partial charge < -0.3 is 0 Å². The SMILES string of the molecule is CC(C)S(=O)(=O)CCn1cc(CCl)cn1. The second kappa shape index (κ2) is 4.99. The lowest BCUT2D eigenvalue weighted by Crippen LogP contribution is -2.21. The van der Waals surface area contributed by atoms with Crippen LogP contribution < -0.4 is 0 Å². The highest BCUT2D eigenvalue weighted by atomic mass is 35.5. The first-order valence-corrected chi connectivity index (χ1v) is 6.99. The Hall–Kier alpha value is -0.550. The lowest BCUT2D eigenvalue weighted by molar-refractivity contribution is 0.572. The molecule has 1 rings (SSSR count). The summed E-state index contributed by atoms with van der Waals surface area (Å²) in [6, 6.07) is 0. The number of aromatic nitrogens is 2. The molecule has 4 nitrogen and oxygen atoms in total. The van der Waals surface area contributed by atoms with Crippen molar-refractivity contribution in [1.29, 1.82) is 0 Å². The highest BCUT2D eigenvalue weighted by molar-refractivity contribution is 7.91. The topological polar surface area (TPSA) is 52.0 Å². The van der Waals surface area contributed by atoms with Gasteiger partial charge in [0.15, 0.2) is 9.84 Å². The van der Waals surface area contributed by atoms with Crippen molar-refractivity contribution in [3.05, 3.63) is 18.0 Å². The Morgan fingerprint density at radius 2 is 2.20 bits per heavy atom. The molecule has 86 valence electrons. The fourth-order valence-corrected chi connectivity index (χ4v) is 2.11. The fourth-order valence-electron chi connectivity index (χ4n) is 1.05. The van der Waals surface area contributed by atoms with Crippen LogP contribution in [0, 0.1) is 0 Å². The molecule has 0 radical (unpaired) electrons. The van der Waals surface area contributed by atoms with E-state index in [0.29, 0.717) is 12.4 Å². The molecule has 0 aliphatic heterocycles. The molecule has 6 heteroatoms. The average Bonchev–Trinajstić information content (AvgIpc) is 2.62. The van der Waals surface area contributed by atoms with Crippen LogP contribution in [-0.4, -0.2) is 29.2 Å². The number of rotatable bonds is 5. The maximum absolute atomic E-state index is 11.5. The minimum atomic E-state index is -2.99. The van der Waals surface area contributed by atoms with Gasteiger partial charge >= 0.3 is 0 Å². The quantitative estimate of drug-likeness (QED) is 0.744. The maximum Gasteiger partial charge on any atom is 0.154 e. The van der Waals surface area contributed by atoms with E-state index in [0.717, 1.165) is 5.56 Å². The summed E-state index contributed by atoms with van der Waals surface area (Å²) in [7, 11) is -2.99. The predicted octanol–water partition coefficient (Wildman–Crippen LogP) is 1.45. The standard InChI is InChI=1S/C9H15ClN2O2S/c1-8(2)15(13,14)4-3-12-7-9(5-10)6-11-12/h6-8H,3-5H2,1-2H3. The van der Waals surface area contributed by atoms with Crippen LogP contribution in [0.25, 0.3) is 0 Å². The first-order chi connectivity index (χ1) is 6.95. The van der Waals surface area contributed by atoms with E-state index in [4.69, 9.17) is 11.6 Å². The summed E-state index contributed by atoms with van der Waals surface area (Å²) in [5.41, 5.74) is 0.901. The van der Waals surface area contributed by atoms with Gasteiger partial charge in [0.25, 0.3) is 0 Å². The van der Waals surface area contributed by atoms with Crippen molar-refractivity contribution in [2.45, 2.75) is 31.5 Å². The zero-order valence-corrected chi connectivity index (χ0v) is 10.4. The molecule has 1 aromatic heterocycles. The summed E-state index contributed by atoms with van der Waals surface area (Å²) in [5.74, 6) is 0.519. The maximum atomic E-state index is 11.5. The van der Waals surface area contributed by atoms with E-state index in [1.807, 2.05) is 0 Å². The number of sulfone groups is 1. The molecular formula is C9H15ClN2O2S. The molecule has 0 spiro atoms. The van der Waals surface area contributed by atoms with Crippen molar-refractivity contribution in [3.63, 3.8) is 0 Å². The minimum absolute atomic E-state index is 0.119. The van der Waals surface area contributed by atoms with Gasteiger partial charge in [0, 0.05) is 11.8 Å². The van der Waals surface area contributed by atoms with Gasteiger partial charge in [0.1, 0.15) is 0 Å². The van der Waals surface area contributed by atoms with E-state index in [1.165, 1.54) is 0 Å². The van der Waals surface area contributed by atoms with Crippen molar-refractivity contribution in [2.24, 2.45) is 0 Å². The molecule has 1 heterocycles. The van der Waals surface area contributed by atoms with Crippen molar-refractivity contribution in [3.8, 4) is 0 Å². The van der Waals surface area contributed by atoms with Crippen LogP contribution in [0.3, 0.4) is 0 Å². The summed E-state index contributed by atoms with van der Waals surface area (Å²) in [6.45, 7) is 3.75. The van der Waals surface area contributed by atoms with Gasteiger partial charge in [-0.1, -0.05) is 0 Å². The normalized spacial score (nSPS) is 12.3. The number of nitrogens with zero attached hydrogens (tertiary/aromatic N) is 2. The Kier molecular flexibility index (Phi) is 4.16. The Morgan fingerprint density at radius 1 is 1.53 bits per heavy atom. The molecule has 0 unspecified atom stereocenters. The Morgan fingerprint density at radius 3 is 2.67 bits per heavy atom. The fraction of sp³-hybridized carbons (Fsp3) is 0.667. The second-order valence-corrected chi connectivity index (χ2v) is 6.61. The molecule has 0 aliphatic rings. The highest BCUT2D eigenvalue weighted by Gasteiger charge is 2.15. The van der Waals surface area contributed by atoms with Crippen molar-refractivity contribution < 1.29 is 8.42 Å². The Labute approximate surface area is 95.2 Å². The van der Waals surface area contributed by atoms with Gasteiger partial charge in [-0.2, -0.15) is 5.10 Å². The van der Waals surface area contributed by atoms with Gasteiger partial charge in [-0.15, -0.1) is 11.6 Å². The first kappa shape index (κ1) is 12.5. The van der Waals surface area contributed by atoms with Crippen LogP contribution in [0.15, 0.2) is 12.4 Å². The average molecular weight is 251 g/mol. The zero-order chi connectivity index (χ0) is 11.5. The minimum Gasteiger partial charge on any atom is -0.271 e. The molecule has 0 aliphatic carbocycles. The molecule has 1 aromatic rings. The molecular weight excluding hydrogens is 236 g/mol. The van der Waals surface area contributed by atoms with Crippen LogP contribution in [0.4, 0.5) is 0 Å². The highest BCUT2D eigenvalue weighted by Crippen LogP contribution is 2.04. The van der Waals surface area contributed by atoms with E-state index in [9.17, 15) is 8.42 Å². The van der Waals surface area contributed by atoms with E-state index in [1.54, 1.807) is 30.9 Å². The van der Waals surface area contributed by atoms with E-state index < -0.39 is 9.84 Å². The first-order valence-electron chi connectivity index (χ1n) is 4.74. The largest absolute Gasteiger partial charge is 0.271 e. The summed E-state index contributed by atoms with van der Waals surface area (Å²) in [4.78, 5) is 0. The molecule has 15 heavy (non-hydrogen) atoms. The van der Waals surface area contributed by atoms with E-state index >= 15 is 0 Å². The number of hydrogen-bond acceptors (Lipinski definition) is 3. The molecule has 0 amide bonds. The second-order valence-electron chi connectivity index (χ2n) is 3.66. The van der Waals surface area contributed by atoms with Gasteiger partial charge in [-0.25, -0.2) is 8.42 Å². The lowest BCUT2D eigenvalue weighted by Gasteiger charge is -2.07. The zero-order valence-electron chi connectivity index (χ0n) is 8.85. The molecule has 0 bridgehead atoms. The van der Waals surface area contributed by atoms with E-state index in [2.05, 4.69) is 5.10 Å².